The maximum atomic E-state index is 12.4. The Morgan fingerprint density at radius 2 is 1.74 bits per heavy atom. The van der Waals surface area contributed by atoms with Crippen LogP contribution in [0.15, 0.2) is 36.4 Å². The first-order valence-corrected chi connectivity index (χ1v) is 12.1. The highest BCUT2D eigenvalue weighted by atomic mass is 16.5. The Morgan fingerprint density at radius 3 is 2.34 bits per heavy atom. The number of nitrogens with zero attached hydrogens (tertiary/aromatic N) is 4. The molecule has 3 heterocycles. The van der Waals surface area contributed by atoms with E-state index in [1.807, 2.05) is 38.1 Å². The number of imidazole rings is 1. The molecule has 1 saturated heterocycles. The van der Waals surface area contributed by atoms with Crippen LogP contribution >= 0.6 is 0 Å². The number of fused-ring (bicyclic) bond motifs is 1. The zero-order chi connectivity index (χ0) is 26.8. The van der Waals surface area contributed by atoms with Crippen LogP contribution in [0.4, 0.5) is 5.69 Å². The molecule has 0 radical (unpaired) electrons. The monoisotopic (exact) mass is 519 g/mol. The van der Waals surface area contributed by atoms with Crippen molar-refractivity contribution >= 4 is 17.1 Å². The molecule has 4 aromatic rings. The van der Waals surface area contributed by atoms with E-state index >= 15 is 0 Å². The number of hydrogen-bond acceptors (Lipinski definition) is 9. The Hall–Kier alpha value is -4.38. The number of carbonyl (C=O) groups excluding carboxylic acids is 1. The zero-order valence-electron chi connectivity index (χ0n) is 21.9. The highest BCUT2D eigenvalue weighted by Gasteiger charge is 2.24. The Morgan fingerprint density at radius 1 is 1.03 bits per heavy atom. The fourth-order valence-corrected chi connectivity index (χ4v) is 4.40. The Balaban J connectivity index is 1.50. The van der Waals surface area contributed by atoms with E-state index in [0.717, 1.165) is 17.7 Å². The molecule has 5 rings (SSSR count). The number of nitrogens with one attached hydrogen (secondary N) is 1. The molecule has 0 saturated carbocycles. The third kappa shape index (κ3) is 4.80. The molecule has 0 spiro atoms. The number of anilines is 1. The van der Waals surface area contributed by atoms with Crippen molar-refractivity contribution in [3.8, 4) is 40.3 Å². The number of rotatable bonds is 8. The van der Waals surface area contributed by atoms with Crippen LogP contribution in [0.25, 0.3) is 16.9 Å². The van der Waals surface area contributed by atoms with Gasteiger partial charge in [-0.15, -0.1) is 5.10 Å². The van der Waals surface area contributed by atoms with Crippen LogP contribution < -0.4 is 24.3 Å². The summed E-state index contributed by atoms with van der Waals surface area (Å²) in [4.78, 5) is 21.7. The van der Waals surface area contributed by atoms with Crippen molar-refractivity contribution in [3.63, 3.8) is 0 Å². The SMILES string of the molecule is COc1cc(Oc2nc(-c3ccc(NC(=O)C4CCOC4)cc3)nn3c(C)nc(C)c23)cc(OC)c1OC. The first kappa shape index (κ1) is 25.3. The van der Waals surface area contributed by atoms with Gasteiger partial charge in [0.1, 0.15) is 11.6 Å². The topological polar surface area (TPSA) is 118 Å². The highest BCUT2D eigenvalue weighted by molar-refractivity contribution is 5.93. The largest absolute Gasteiger partial charge is 0.493 e. The average molecular weight is 520 g/mol. The van der Waals surface area contributed by atoms with Crippen LogP contribution in [-0.4, -0.2) is 60.0 Å². The standard InChI is InChI=1S/C27H29N5O6/c1-15-23-27(38-20-12-21(34-3)24(36-5)22(13-20)35-4)30-25(31-32(23)16(2)28-15)17-6-8-19(9-7-17)29-26(33)18-10-11-37-14-18/h6-9,12-13,18H,10-11,14H2,1-5H3,(H,29,33). The molecule has 2 aromatic carbocycles. The van der Waals surface area contributed by atoms with E-state index in [4.69, 9.17) is 33.8 Å². The second kappa shape index (κ2) is 10.5. The van der Waals surface area contributed by atoms with Crippen LogP contribution in [0.3, 0.4) is 0 Å². The van der Waals surface area contributed by atoms with Crippen LogP contribution in [0, 0.1) is 19.8 Å². The first-order valence-electron chi connectivity index (χ1n) is 12.1. The molecule has 1 aliphatic rings. The van der Waals surface area contributed by atoms with E-state index in [-0.39, 0.29) is 11.8 Å². The molecule has 1 atom stereocenters. The molecule has 1 N–H and O–H groups in total. The molecule has 11 nitrogen and oxygen atoms in total. The first-order chi connectivity index (χ1) is 18.4. The van der Waals surface area contributed by atoms with Gasteiger partial charge >= 0.3 is 0 Å². The zero-order valence-corrected chi connectivity index (χ0v) is 21.9. The van der Waals surface area contributed by atoms with Crippen molar-refractivity contribution in [3.05, 3.63) is 47.9 Å². The van der Waals surface area contributed by atoms with Gasteiger partial charge in [-0.05, 0) is 44.5 Å². The number of hydrogen-bond donors (Lipinski definition) is 1. The number of aromatic nitrogens is 4. The van der Waals surface area contributed by atoms with E-state index < -0.39 is 0 Å². The maximum absolute atomic E-state index is 12.4. The van der Waals surface area contributed by atoms with Crippen LogP contribution in [-0.2, 0) is 9.53 Å². The molecule has 0 aliphatic carbocycles. The molecule has 11 heteroatoms. The number of ether oxygens (including phenoxy) is 5. The lowest BCUT2D eigenvalue weighted by Crippen LogP contribution is -2.22. The van der Waals surface area contributed by atoms with E-state index in [0.29, 0.717) is 64.9 Å². The summed E-state index contributed by atoms with van der Waals surface area (Å²) in [5.74, 6) is 3.09. The van der Waals surface area contributed by atoms with Gasteiger partial charge in [-0.3, -0.25) is 4.79 Å². The van der Waals surface area contributed by atoms with Crippen molar-refractivity contribution in [1.82, 2.24) is 19.6 Å². The highest BCUT2D eigenvalue weighted by Crippen LogP contribution is 2.42. The van der Waals surface area contributed by atoms with Crippen LogP contribution in [0.2, 0.25) is 0 Å². The number of amides is 1. The lowest BCUT2D eigenvalue weighted by molar-refractivity contribution is -0.119. The number of benzene rings is 2. The van der Waals surface area contributed by atoms with Crippen molar-refractivity contribution in [1.29, 1.82) is 0 Å². The third-order valence-corrected chi connectivity index (χ3v) is 6.36. The quantitative estimate of drug-likeness (QED) is 0.365. The molecule has 1 amide bonds. The fraction of sp³-hybridized carbons (Fsp3) is 0.333. The normalized spacial score (nSPS) is 14.9. The molecule has 2 aromatic heterocycles. The lowest BCUT2D eigenvalue weighted by Gasteiger charge is -2.15. The molecular formula is C27H29N5O6. The van der Waals surface area contributed by atoms with Gasteiger partial charge in [-0.2, -0.15) is 4.98 Å². The van der Waals surface area contributed by atoms with E-state index in [9.17, 15) is 4.79 Å². The smallest absolute Gasteiger partial charge is 0.249 e. The number of aryl methyl sites for hydroxylation is 2. The van der Waals surface area contributed by atoms with Crippen molar-refractivity contribution in [2.45, 2.75) is 20.3 Å². The van der Waals surface area contributed by atoms with E-state index in [1.165, 1.54) is 0 Å². The predicted molar refractivity (Wildman–Crippen MR) is 139 cm³/mol. The van der Waals surface area contributed by atoms with Crippen molar-refractivity contribution in [2.24, 2.45) is 5.92 Å². The third-order valence-electron chi connectivity index (χ3n) is 6.36. The summed E-state index contributed by atoms with van der Waals surface area (Å²) in [6.45, 7) is 4.81. The van der Waals surface area contributed by atoms with Crippen molar-refractivity contribution in [2.75, 3.05) is 39.9 Å². The minimum absolute atomic E-state index is 0.0431. The summed E-state index contributed by atoms with van der Waals surface area (Å²) in [5.41, 5.74) is 2.80. The maximum Gasteiger partial charge on any atom is 0.249 e. The molecule has 198 valence electrons. The average Bonchev–Trinajstić information content (AvgIpc) is 3.57. The molecule has 38 heavy (non-hydrogen) atoms. The second-order valence-corrected chi connectivity index (χ2v) is 8.84. The summed E-state index contributed by atoms with van der Waals surface area (Å²) < 4.78 is 29.6. The van der Waals surface area contributed by atoms with Gasteiger partial charge in [0.15, 0.2) is 22.8 Å². The van der Waals surface area contributed by atoms with Gasteiger partial charge < -0.3 is 29.0 Å². The fourth-order valence-electron chi connectivity index (χ4n) is 4.40. The molecule has 1 aliphatic heterocycles. The molecular weight excluding hydrogens is 490 g/mol. The van der Waals surface area contributed by atoms with Gasteiger partial charge in [0.05, 0.1) is 39.5 Å². The van der Waals surface area contributed by atoms with Gasteiger partial charge in [0.2, 0.25) is 17.5 Å². The van der Waals surface area contributed by atoms with Gasteiger partial charge in [-0.25, -0.2) is 9.50 Å². The minimum atomic E-state index is -0.122. The van der Waals surface area contributed by atoms with Crippen LogP contribution in [0.1, 0.15) is 17.9 Å². The number of carbonyl (C=O) groups is 1. The van der Waals surface area contributed by atoms with Crippen LogP contribution in [0.5, 0.6) is 28.9 Å². The molecule has 1 fully saturated rings. The summed E-state index contributed by atoms with van der Waals surface area (Å²) in [7, 11) is 4.62. The second-order valence-electron chi connectivity index (χ2n) is 8.84. The summed E-state index contributed by atoms with van der Waals surface area (Å²) in [6.07, 6.45) is 0.732. The minimum Gasteiger partial charge on any atom is -0.493 e. The van der Waals surface area contributed by atoms with E-state index in [1.54, 1.807) is 38.0 Å². The lowest BCUT2D eigenvalue weighted by atomic mass is 10.1. The Bertz CT molecular complexity index is 1450. The van der Waals surface area contributed by atoms with Gasteiger partial charge in [-0.1, -0.05) is 0 Å². The summed E-state index contributed by atoms with van der Waals surface area (Å²) in [6, 6.07) is 10.7. The predicted octanol–water partition coefficient (Wildman–Crippen LogP) is 4.20. The molecule has 1 unspecified atom stereocenters. The van der Waals surface area contributed by atoms with Crippen molar-refractivity contribution < 1.29 is 28.5 Å². The van der Waals surface area contributed by atoms with Gasteiger partial charge in [0, 0.05) is 30.0 Å². The number of methoxy groups -OCH3 is 3. The Labute approximate surface area is 219 Å². The Kier molecular flexibility index (Phi) is 7.01. The molecule has 0 bridgehead atoms. The van der Waals surface area contributed by atoms with Gasteiger partial charge in [0.25, 0.3) is 0 Å². The summed E-state index contributed by atoms with van der Waals surface area (Å²) in [5, 5.41) is 7.65. The van der Waals surface area contributed by atoms with E-state index in [2.05, 4.69) is 10.3 Å². The summed E-state index contributed by atoms with van der Waals surface area (Å²) >= 11 is 0.